The number of hydrogen-bond acceptors (Lipinski definition) is 3. The SMILES string of the molecule is N/C(=N/O)C1CCCC1NC(=O)c1c(F)cccc1Br. The monoisotopic (exact) mass is 343 g/mol. The first kappa shape index (κ1) is 14.8. The Kier molecular flexibility index (Phi) is 4.59. The molecule has 1 aromatic carbocycles. The molecule has 0 bridgehead atoms. The minimum atomic E-state index is -0.588. The van der Waals surface area contributed by atoms with Gasteiger partial charge in [-0.3, -0.25) is 4.79 Å². The molecule has 2 unspecified atom stereocenters. The van der Waals surface area contributed by atoms with Crippen LogP contribution in [0.5, 0.6) is 0 Å². The number of benzene rings is 1. The zero-order valence-electron chi connectivity index (χ0n) is 10.6. The van der Waals surface area contributed by atoms with Crippen LogP contribution in [0.2, 0.25) is 0 Å². The number of nitrogens with two attached hydrogens (primary N) is 1. The lowest BCUT2D eigenvalue weighted by molar-refractivity contribution is 0.0928. The lowest BCUT2D eigenvalue weighted by Gasteiger charge is -2.20. The van der Waals surface area contributed by atoms with Gasteiger partial charge in [0.2, 0.25) is 0 Å². The van der Waals surface area contributed by atoms with E-state index < -0.39 is 11.7 Å². The van der Waals surface area contributed by atoms with Crippen LogP contribution in [0.3, 0.4) is 0 Å². The van der Waals surface area contributed by atoms with Gasteiger partial charge in [0.05, 0.1) is 5.56 Å². The van der Waals surface area contributed by atoms with Crippen molar-refractivity contribution in [3.8, 4) is 0 Å². The average molecular weight is 344 g/mol. The minimum Gasteiger partial charge on any atom is -0.409 e. The summed E-state index contributed by atoms with van der Waals surface area (Å²) < 4.78 is 14.1. The van der Waals surface area contributed by atoms with Gasteiger partial charge in [-0.05, 0) is 40.9 Å². The largest absolute Gasteiger partial charge is 0.409 e. The van der Waals surface area contributed by atoms with Crippen molar-refractivity contribution in [1.82, 2.24) is 5.32 Å². The van der Waals surface area contributed by atoms with Crippen LogP contribution in [0, 0.1) is 11.7 Å². The maximum Gasteiger partial charge on any atom is 0.255 e. The molecular formula is C13H15BrFN3O2. The van der Waals surface area contributed by atoms with E-state index in [9.17, 15) is 9.18 Å². The molecule has 0 saturated heterocycles. The number of carbonyl (C=O) groups excluding carboxylic acids is 1. The predicted octanol–water partition coefficient (Wildman–Crippen LogP) is 2.23. The van der Waals surface area contributed by atoms with E-state index in [2.05, 4.69) is 26.4 Å². The number of oxime groups is 1. The fourth-order valence-electron chi connectivity index (χ4n) is 2.52. The van der Waals surface area contributed by atoms with Crippen molar-refractivity contribution < 1.29 is 14.4 Å². The molecule has 4 N–H and O–H groups in total. The van der Waals surface area contributed by atoms with E-state index in [1.54, 1.807) is 6.07 Å². The number of carbonyl (C=O) groups is 1. The van der Waals surface area contributed by atoms with Crippen LogP contribution in [0.15, 0.2) is 27.8 Å². The molecule has 2 atom stereocenters. The second-order valence-corrected chi connectivity index (χ2v) is 5.59. The molecule has 0 heterocycles. The molecule has 0 aromatic heterocycles. The molecule has 1 aliphatic carbocycles. The average Bonchev–Trinajstić information content (AvgIpc) is 2.85. The first-order valence-electron chi connectivity index (χ1n) is 6.27. The van der Waals surface area contributed by atoms with Gasteiger partial charge in [0, 0.05) is 16.4 Å². The van der Waals surface area contributed by atoms with Crippen LogP contribution in [-0.2, 0) is 0 Å². The molecule has 7 heteroatoms. The van der Waals surface area contributed by atoms with Crippen molar-refractivity contribution >= 4 is 27.7 Å². The number of rotatable bonds is 3. The van der Waals surface area contributed by atoms with Gasteiger partial charge < -0.3 is 16.3 Å². The van der Waals surface area contributed by atoms with Crippen LogP contribution in [0.25, 0.3) is 0 Å². The van der Waals surface area contributed by atoms with Crippen LogP contribution < -0.4 is 11.1 Å². The number of hydrogen-bond donors (Lipinski definition) is 3. The summed E-state index contributed by atoms with van der Waals surface area (Å²) >= 11 is 3.17. The Labute approximate surface area is 124 Å². The van der Waals surface area contributed by atoms with Crippen LogP contribution in [0.1, 0.15) is 29.6 Å². The summed E-state index contributed by atoms with van der Waals surface area (Å²) in [6.45, 7) is 0. The Morgan fingerprint density at radius 1 is 1.50 bits per heavy atom. The standard InChI is InChI=1S/C13H15BrFN3O2/c14-8-4-2-5-9(15)11(8)13(19)17-10-6-1-3-7(10)12(16)18-20/h2,4-5,7,10,20H,1,3,6H2,(H2,16,18)(H,17,19). The molecule has 0 radical (unpaired) electrons. The topological polar surface area (TPSA) is 87.7 Å². The summed E-state index contributed by atoms with van der Waals surface area (Å²) in [4.78, 5) is 12.2. The third kappa shape index (κ3) is 2.92. The van der Waals surface area contributed by atoms with Crippen LogP contribution >= 0.6 is 15.9 Å². The molecule has 20 heavy (non-hydrogen) atoms. The summed E-state index contributed by atoms with van der Waals surface area (Å²) in [7, 11) is 0. The van der Waals surface area contributed by atoms with E-state index in [-0.39, 0.29) is 23.4 Å². The first-order chi connectivity index (χ1) is 9.54. The third-order valence-electron chi connectivity index (χ3n) is 3.52. The molecule has 108 valence electrons. The van der Waals surface area contributed by atoms with Crippen molar-refractivity contribution in [3.05, 3.63) is 34.1 Å². The highest BCUT2D eigenvalue weighted by Gasteiger charge is 2.32. The maximum absolute atomic E-state index is 13.7. The molecule has 1 aliphatic rings. The summed E-state index contributed by atoms with van der Waals surface area (Å²) in [5.41, 5.74) is 5.58. The lowest BCUT2D eigenvalue weighted by atomic mass is 10.0. The van der Waals surface area contributed by atoms with Crippen LogP contribution in [0.4, 0.5) is 4.39 Å². The lowest BCUT2D eigenvalue weighted by Crippen LogP contribution is -2.42. The summed E-state index contributed by atoms with van der Waals surface area (Å²) in [5.74, 6) is -1.21. The predicted molar refractivity (Wildman–Crippen MR) is 76.1 cm³/mol. The van der Waals surface area contributed by atoms with E-state index in [1.807, 2.05) is 0 Å². The number of amidine groups is 1. The molecule has 5 nitrogen and oxygen atoms in total. The fraction of sp³-hybridized carbons (Fsp3) is 0.385. The molecule has 2 rings (SSSR count). The van der Waals surface area contributed by atoms with E-state index in [1.165, 1.54) is 12.1 Å². The zero-order valence-corrected chi connectivity index (χ0v) is 12.2. The number of nitrogens with zero attached hydrogens (tertiary/aromatic N) is 1. The zero-order chi connectivity index (χ0) is 14.7. The van der Waals surface area contributed by atoms with Gasteiger partial charge >= 0.3 is 0 Å². The van der Waals surface area contributed by atoms with E-state index in [0.29, 0.717) is 4.47 Å². The Balaban J connectivity index is 2.16. The Bertz CT molecular complexity index is 530. The van der Waals surface area contributed by atoms with Gasteiger partial charge in [-0.1, -0.05) is 17.6 Å². The fourth-order valence-corrected chi connectivity index (χ4v) is 3.04. The molecule has 1 saturated carbocycles. The molecule has 1 aromatic rings. The number of nitrogens with one attached hydrogen (secondary N) is 1. The Morgan fingerprint density at radius 3 is 2.90 bits per heavy atom. The summed E-state index contributed by atoms with van der Waals surface area (Å²) in [5, 5.41) is 14.5. The minimum absolute atomic E-state index is 0.0299. The van der Waals surface area contributed by atoms with Crippen molar-refractivity contribution in [2.75, 3.05) is 0 Å². The van der Waals surface area contributed by atoms with Gasteiger partial charge in [0.1, 0.15) is 11.7 Å². The second kappa shape index (κ2) is 6.21. The normalized spacial score (nSPS) is 22.8. The maximum atomic E-state index is 13.7. The molecule has 1 amide bonds. The van der Waals surface area contributed by atoms with Gasteiger partial charge in [-0.2, -0.15) is 0 Å². The quantitative estimate of drug-likeness (QED) is 0.340. The van der Waals surface area contributed by atoms with E-state index in [4.69, 9.17) is 10.9 Å². The highest BCUT2D eigenvalue weighted by Crippen LogP contribution is 2.27. The van der Waals surface area contributed by atoms with Crippen molar-refractivity contribution in [2.45, 2.75) is 25.3 Å². The molecule has 1 fully saturated rings. The molecule has 0 aliphatic heterocycles. The number of halogens is 2. The first-order valence-corrected chi connectivity index (χ1v) is 7.06. The molecule has 0 spiro atoms. The van der Waals surface area contributed by atoms with Crippen molar-refractivity contribution in [1.29, 1.82) is 0 Å². The number of amides is 1. The van der Waals surface area contributed by atoms with Crippen molar-refractivity contribution in [3.63, 3.8) is 0 Å². The second-order valence-electron chi connectivity index (χ2n) is 4.74. The van der Waals surface area contributed by atoms with Crippen LogP contribution in [-0.4, -0.2) is 23.0 Å². The Morgan fingerprint density at radius 2 is 2.25 bits per heavy atom. The molecular weight excluding hydrogens is 329 g/mol. The highest BCUT2D eigenvalue weighted by molar-refractivity contribution is 9.10. The van der Waals surface area contributed by atoms with Gasteiger partial charge in [0.15, 0.2) is 0 Å². The van der Waals surface area contributed by atoms with E-state index in [0.717, 1.165) is 19.3 Å². The van der Waals surface area contributed by atoms with E-state index >= 15 is 0 Å². The van der Waals surface area contributed by atoms with Crippen molar-refractivity contribution in [2.24, 2.45) is 16.8 Å². The Hall–Kier alpha value is -1.63. The van der Waals surface area contributed by atoms with Gasteiger partial charge in [-0.25, -0.2) is 4.39 Å². The summed E-state index contributed by atoms with van der Waals surface area (Å²) in [6, 6.07) is 4.11. The third-order valence-corrected chi connectivity index (χ3v) is 4.18. The smallest absolute Gasteiger partial charge is 0.255 e. The summed E-state index contributed by atoms with van der Waals surface area (Å²) in [6.07, 6.45) is 2.32. The van der Waals surface area contributed by atoms with Gasteiger partial charge in [-0.15, -0.1) is 0 Å². The van der Waals surface area contributed by atoms with Gasteiger partial charge in [0.25, 0.3) is 5.91 Å². The highest BCUT2D eigenvalue weighted by atomic mass is 79.9.